The lowest BCUT2D eigenvalue weighted by molar-refractivity contribution is 0.0267. The average molecular weight is 264 g/mol. The highest BCUT2D eigenvalue weighted by atomic mass is 16.3. The van der Waals surface area contributed by atoms with E-state index in [9.17, 15) is 14.7 Å². The largest absolute Gasteiger partial charge is 0.391 e. The van der Waals surface area contributed by atoms with Crippen molar-refractivity contribution in [3.8, 4) is 0 Å². The van der Waals surface area contributed by atoms with Crippen molar-refractivity contribution in [1.82, 2.24) is 9.88 Å². The number of aliphatic hydroxyl groups is 1. The summed E-state index contributed by atoms with van der Waals surface area (Å²) in [4.78, 5) is 28.2. The van der Waals surface area contributed by atoms with Crippen LogP contribution in [0.25, 0.3) is 0 Å². The molecule has 1 heterocycles. The minimum atomic E-state index is -0.493. The van der Waals surface area contributed by atoms with Gasteiger partial charge in [0, 0.05) is 12.7 Å². The fourth-order valence-corrected chi connectivity index (χ4v) is 2.62. The van der Waals surface area contributed by atoms with Gasteiger partial charge in [-0.1, -0.05) is 12.8 Å². The number of likely N-dealkylation sites (N-methyl/N-ethyl adjacent to an activating group) is 1. The summed E-state index contributed by atoms with van der Waals surface area (Å²) in [5, 5.41) is 9.97. The number of hydrogen-bond donors (Lipinski definition) is 2. The summed E-state index contributed by atoms with van der Waals surface area (Å²) >= 11 is 0. The number of rotatable bonds is 2. The van der Waals surface area contributed by atoms with Gasteiger partial charge in [0.25, 0.3) is 11.5 Å². The molecule has 1 aromatic rings. The Balaban J connectivity index is 2.20. The number of aliphatic hydroxyl groups excluding tert-OH is 1. The molecule has 2 rings (SSSR count). The maximum absolute atomic E-state index is 12.3. The zero-order valence-electron chi connectivity index (χ0n) is 11.3. The van der Waals surface area contributed by atoms with Crippen molar-refractivity contribution in [2.75, 3.05) is 7.05 Å². The Kier molecular flexibility index (Phi) is 4.04. The Bertz CT molecular complexity index is 524. The molecular formula is C14H20N2O3. The van der Waals surface area contributed by atoms with Crippen LogP contribution < -0.4 is 5.56 Å². The molecule has 5 nitrogen and oxygen atoms in total. The number of amides is 1. The molecular weight excluding hydrogens is 244 g/mol. The van der Waals surface area contributed by atoms with E-state index in [0.717, 1.165) is 25.0 Å². The third-order valence-electron chi connectivity index (χ3n) is 3.80. The van der Waals surface area contributed by atoms with E-state index in [4.69, 9.17) is 0 Å². The zero-order valence-corrected chi connectivity index (χ0v) is 11.3. The van der Waals surface area contributed by atoms with Crippen LogP contribution in [0.4, 0.5) is 0 Å². The summed E-state index contributed by atoms with van der Waals surface area (Å²) in [6, 6.07) is 3.06. The fourth-order valence-electron chi connectivity index (χ4n) is 2.62. The van der Waals surface area contributed by atoms with Crippen LogP contribution in [0.3, 0.4) is 0 Å². The summed E-state index contributed by atoms with van der Waals surface area (Å²) in [5.74, 6) is -0.327. The lowest BCUT2D eigenvalue weighted by Gasteiger charge is -2.35. The standard InChI is InChI=1S/C14H20N2O3/c1-9-7-8-10(13(18)15-9)14(19)16(2)11-5-3-4-6-12(11)17/h7-8,11-12,17H,3-6H2,1-2H3,(H,15,18). The molecule has 2 atom stereocenters. The fraction of sp³-hybridized carbons (Fsp3) is 0.571. The lowest BCUT2D eigenvalue weighted by atomic mass is 9.91. The monoisotopic (exact) mass is 264 g/mol. The SMILES string of the molecule is Cc1ccc(C(=O)N(C)C2CCCCC2O)c(=O)[nH]1. The van der Waals surface area contributed by atoms with E-state index in [-0.39, 0.29) is 23.1 Å². The molecule has 0 radical (unpaired) electrons. The first-order chi connectivity index (χ1) is 9.00. The molecule has 104 valence electrons. The van der Waals surface area contributed by atoms with Crippen LogP contribution in [0.15, 0.2) is 16.9 Å². The van der Waals surface area contributed by atoms with Crippen molar-refractivity contribution in [2.45, 2.75) is 44.8 Å². The number of nitrogens with zero attached hydrogens (tertiary/aromatic N) is 1. The minimum Gasteiger partial charge on any atom is -0.391 e. The van der Waals surface area contributed by atoms with Crippen LogP contribution in [0, 0.1) is 6.92 Å². The van der Waals surface area contributed by atoms with Gasteiger partial charge in [-0.3, -0.25) is 9.59 Å². The van der Waals surface area contributed by atoms with Gasteiger partial charge in [0.2, 0.25) is 0 Å². The quantitative estimate of drug-likeness (QED) is 0.838. The molecule has 1 aromatic heterocycles. The number of carbonyl (C=O) groups excluding carboxylic acids is 1. The van der Waals surface area contributed by atoms with Crippen molar-refractivity contribution >= 4 is 5.91 Å². The van der Waals surface area contributed by atoms with Crippen molar-refractivity contribution < 1.29 is 9.90 Å². The van der Waals surface area contributed by atoms with E-state index in [0.29, 0.717) is 6.42 Å². The van der Waals surface area contributed by atoms with Crippen LogP contribution in [-0.4, -0.2) is 40.1 Å². The van der Waals surface area contributed by atoms with Crippen LogP contribution >= 0.6 is 0 Å². The second-order valence-corrected chi connectivity index (χ2v) is 5.22. The Morgan fingerprint density at radius 2 is 2.05 bits per heavy atom. The Morgan fingerprint density at radius 3 is 2.68 bits per heavy atom. The van der Waals surface area contributed by atoms with Crippen molar-refractivity contribution in [1.29, 1.82) is 0 Å². The summed E-state index contributed by atoms with van der Waals surface area (Å²) < 4.78 is 0. The predicted octanol–water partition coefficient (Wildman–Crippen LogP) is 1.06. The molecule has 0 bridgehead atoms. The van der Waals surface area contributed by atoms with Crippen molar-refractivity contribution in [2.24, 2.45) is 0 Å². The number of carbonyl (C=O) groups is 1. The molecule has 2 N–H and O–H groups in total. The van der Waals surface area contributed by atoms with Crippen molar-refractivity contribution in [3.05, 3.63) is 33.7 Å². The molecule has 0 spiro atoms. The number of aromatic nitrogens is 1. The molecule has 1 aliphatic carbocycles. The molecule has 1 aliphatic rings. The van der Waals surface area contributed by atoms with Crippen LogP contribution in [-0.2, 0) is 0 Å². The van der Waals surface area contributed by atoms with E-state index < -0.39 is 6.10 Å². The first-order valence-corrected chi connectivity index (χ1v) is 6.66. The average Bonchev–Trinajstić information content (AvgIpc) is 2.38. The van der Waals surface area contributed by atoms with Gasteiger partial charge < -0.3 is 15.0 Å². The topological polar surface area (TPSA) is 73.4 Å². The smallest absolute Gasteiger partial charge is 0.260 e. The maximum atomic E-state index is 12.3. The number of hydrogen-bond acceptors (Lipinski definition) is 3. The third-order valence-corrected chi connectivity index (χ3v) is 3.80. The molecule has 0 saturated heterocycles. The van der Waals surface area contributed by atoms with Gasteiger partial charge in [-0.05, 0) is 31.9 Å². The number of nitrogens with one attached hydrogen (secondary N) is 1. The highest BCUT2D eigenvalue weighted by Crippen LogP contribution is 2.23. The predicted molar refractivity (Wildman–Crippen MR) is 72.2 cm³/mol. The number of aryl methyl sites for hydroxylation is 1. The van der Waals surface area contributed by atoms with E-state index in [1.165, 1.54) is 4.90 Å². The van der Waals surface area contributed by atoms with Crippen molar-refractivity contribution in [3.63, 3.8) is 0 Å². The molecule has 0 aliphatic heterocycles. The Labute approximate surface area is 112 Å². The summed E-state index contributed by atoms with van der Waals surface area (Å²) in [6.07, 6.45) is 3.00. The van der Waals surface area contributed by atoms with Gasteiger partial charge in [0.05, 0.1) is 12.1 Å². The molecule has 1 amide bonds. The highest BCUT2D eigenvalue weighted by molar-refractivity contribution is 5.93. The van der Waals surface area contributed by atoms with Crippen LogP contribution in [0.5, 0.6) is 0 Å². The van der Waals surface area contributed by atoms with E-state index >= 15 is 0 Å². The highest BCUT2D eigenvalue weighted by Gasteiger charge is 2.30. The minimum absolute atomic E-state index is 0.130. The van der Waals surface area contributed by atoms with Crippen LogP contribution in [0.1, 0.15) is 41.7 Å². The van der Waals surface area contributed by atoms with Gasteiger partial charge in [-0.25, -0.2) is 0 Å². The van der Waals surface area contributed by atoms with E-state index in [2.05, 4.69) is 4.98 Å². The van der Waals surface area contributed by atoms with Gasteiger partial charge in [0.15, 0.2) is 0 Å². The summed E-state index contributed by atoms with van der Waals surface area (Å²) in [7, 11) is 1.65. The molecule has 2 unspecified atom stereocenters. The first-order valence-electron chi connectivity index (χ1n) is 6.66. The maximum Gasteiger partial charge on any atom is 0.260 e. The number of H-pyrrole nitrogens is 1. The lowest BCUT2D eigenvalue weighted by Crippen LogP contribution is -2.47. The van der Waals surface area contributed by atoms with Gasteiger partial charge in [0.1, 0.15) is 5.56 Å². The van der Waals surface area contributed by atoms with Gasteiger partial charge in [-0.15, -0.1) is 0 Å². The van der Waals surface area contributed by atoms with Gasteiger partial charge >= 0.3 is 0 Å². The Hall–Kier alpha value is -1.62. The van der Waals surface area contributed by atoms with Gasteiger partial charge in [-0.2, -0.15) is 0 Å². The molecule has 1 saturated carbocycles. The van der Waals surface area contributed by atoms with E-state index in [1.54, 1.807) is 26.1 Å². The normalized spacial score (nSPS) is 23.1. The Morgan fingerprint density at radius 1 is 1.37 bits per heavy atom. The second-order valence-electron chi connectivity index (χ2n) is 5.22. The zero-order chi connectivity index (χ0) is 14.0. The van der Waals surface area contributed by atoms with Crippen LogP contribution in [0.2, 0.25) is 0 Å². The second kappa shape index (κ2) is 5.57. The molecule has 0 aromatic carbocycles. The third kappa shape index (κ3) is 2.87. The first kappa shape index (κ1) is 13.8. The van der Waals surface area contributed by atoms with E-state index in [1.807, 2.05) is 0 Å². The summed E-state index contributed by atoms with van der Waals surface area (Å²) in [5.41, 5.74) is 0.481. The number of pyridine rings is 1. The summed E-state index contributed by atoms with van der Waals surface area (Å²) in [6.45, 7) is 1.77. The molecule has 19 heavy (non-hydrogen) atoms. The number of aromatic amines is 1. The molecule has 1 fully saturated rings. The molecule has 5 heteroatoms.